The van der Waals surface area contributed by atoms with Gasteiger partial charge in [0.1, 0.15) is 5.82 Å². The zero-order chi connectivity index (χ0) is 14.5. The Morgan fingerprint density at radius 3 is 2.75 bits per heavy atom. The Morgan fingerprint density at radius 1 is 1.30 bits per heavy atom. The third-order valence-corrected chi connectivity index (χ3v) is 2.89. The van der Waals surface area contributed by atoms with Crippen LogP contribution in [0.15, 0.2) is 36.4 Å². The predicted octanol–water partition coefficient (Wildman–Crippen LogP) is 3.79. The predicted molar refractivity (Wildman–Crippen MR) is 79.8 cm³/mol. The van der Waals surface area contributed by atoms with Gasteiger partial charge in [-0.05, 0) is 19.4 Å². The Labute approximate surface area is 117 Å². The highest BCUT2D eigenvalue weighted by molar-refractivity contribution is 5.65. The number of aromatic nitrogens is 1. The number of rotatable bonds is 5. The van der Waals surface area contributed by atoms with Crippen LogP contribution in [0, 0.1) is 17.0 Å². The van der Waals surface area contributed by atoms with E-state index in [2.05, 4.69) is 10.3 Å². The molecule has 0 saturated heterocycles. The van der Waals surface area contributed by atoms with E-state index >= 15 is 0 Å². The molecule has 0 aliphatic heterocycles. The van der Waals surface area contributed by atoms with Crippen molar-refractivity contribution in [2.45, 2.75) is 20.3 Å². The van der Waals surface area contributed by atoms with Gasteiger partial charge in [0.25, 0.3) is 5.69 Å². The lowest BCUT2D eigenvalue weighted by molar-refractivity contribution is -0.384. The van der Waals surface area contributed by atoms with Crippen molar-refractivity contribution in [2.24, 2.45) is 0 Å². The number of nitrogens with one attached hydrogen (secondary N) is 1. The second-order valence-electron chi connectivity index (χ2n) is 4.65. The van der Waals surface area contributed by atoms with Crippen LogP contribution in [-0.2, 0) is 0 Å². The molecule has 0 amide bonds. The topological polar surface area (TPSA) is 68.1 Å². The molecule has 1 aromatic heterocycles. The summed E-state index contributed by atoms with van der Waals surface area (Å²) in [6.07, 6.45) is 0.935. The molecule has 0 bridgehead atoms. The second-order valence-corrected chi connectivity index (χ2v) is 4.65. The molecule has 5 heteroatoms. The fraction of sp³-hybridized carbons (Fsp3) is 0.267. The number of aryl methyl sites for hydroxylation is 1. The normalized spacial score (nSPS) is 10.3. The van der Waals surface area contributed by atoms with E-state index in [-0.39, 0.29) is 5.69 Å². The van der Waals surface area contributed by atoms with E-state index in [9.17, 15) is 10.1 Å². The first-order valence-electron chi connectivity index (χ1n) is 6.57. The molecule has 1 aromatic carbocycles. The second kappa shape index (κ2) is 6.14. The standard InChI is InChI=1S/C15H17N3O2/c1-3-7-16-15-10-13(18(19)20)9-14(17-15)12-6-4-5-11(2)8-12/h4-6,8-10H,3,7H2,1-2H3,(H,16,17). The van der Waals surface area contributed by atoms with Gasteiger partial charge >= 0.3 is 0 Å². The van der Waals surface area contributed by atoms with Gasteiger partial charge in [-0.3, -0.25) is 10.1 Å². The smallest absolute Gasteiger partial charge is 0.275 e. The summed E-state index contributed by atoms with van der Waals surface area (Å²) >= 11 is 0. The summed E-state index contributed by atoms with van der Waals surface area (Å²) in [5.41, 5.74) is 2.64. The van der Waals surface area contributed by atoms with Gasteiger partial charge in [-0.15, -0.1) is 0 Å². The molecule has 0 saturated carbocycles. The Morgan fingerprint density at radius 2 is 2.10 bits per heavy atom. The lowest BCUT2D eigenvalue weighted by Gasteiger charge is -2.07. The van der Waals surface area contributed by atoms with Crippen molar-refractivity contribution < 1.29 is 4.92 Å². The summed E-state index contributed by atoms with van der Waals surface area (Å²) in [6, 6.07) is 10.8. The molecule has 0 aliphatic rings. The third kappa shape index (κ3) is 3.32. The molecule has 104 valence electrons. The van der Waals surface area contributed by atoms with E-state index in [4.69, 9.17) is 0 Å². The average molecular weight is 271 g/mol. The van der Waals surface area contributed by atoms with Crippen molar-refractivity contribution in [3.8, 4) is 11.3 Å². The van der Waals surface area contributed by atoms with Crippen molar-refractivity contribution in [2.75, 3.05) is 11.9 Å². The minimum Gasteiger partial charge on any atom is -0.370 e. The Kier molecular flexibility index (Phi) is 4.30. The van der Waals surface area contributed by atoms with E-state index in [1.165, 1.54) is 12.1 Å². The molecule has 0 spiro atoms. The van der Waals surface area contributed by atoms with Crippen LogP contribution in [0.5, 0.6) is 0 Å². The van der Waals surface area contributed by atoms with Crippen LogP contribution in [0.2, 0.25) is 0 Å². The van der Waals surface area contributed by atoms with Gasteiger partial charge in [0.2, 0.25) is 0 Å². The van der Waals surface area contributed by atoms with Crippen molar-refractivity contribution in [3.63, 3.8) is 0 Å². The van der Waals surface area contributed by atoms with Gasteiger partial charge in [0.05, 0.1) is 16.7 Å². The van der Waals surface area contributed by atoms with Gasteiger partial charge < -0.3 is 5.32 Å². The molecule has 0 aliphatic carbocycles. The summed E-state index contributed by atoms with van der Waals surface area (Å²) in [4.78, 5) is 15.1. The largest absolute Gasteiger partial charge is 0.370 e. The molecule has 1 heterocycles. The number of benzene rings is 1. The number of nitro groups is 1. The SMILES string of the molecule is CCCNc1cc([N+](=O)[O-])cc(-c2cccc(C)c2)n1. The van der Waals surface area contributed by atoms with Crippen molar-refractivity contribution in [3.05, 3.63) is 52.1 Å². The minimum atomic E-state index is -0.391. The van der Waals surface area contributed by atoms with Crippen molar-refractivity contribution >= 4 is 11.5 Å². The first kappa shape index (κ1) is 14.0. The van der Waals surface area contributed by atoms with E-state index in [1.807, 2.05) is 38.1 Å². The average Bonchev–Trinajstić information content (AvgIpc) is 2.44. The quantitative estimate of drug-likeness (QED) is 0.663. The lowest BCUT2D eigenvalue weighted by Crippen LogP contribution is -2.03. The molecular weight excluding hydrogens is 254 g/mol. The van der Waals surface area contributed by atoms with Crippen molar-refractivity contribution in [1.82, 2.24) is 4.98 Å². The summed E-state index contributed by atoms with van der Waals surface area (Å²) in [7, 11) is 0. The van der Waals surface area contributed by atoms with Crippen LogP contribution >= 0.6 is 0 Å². The monoisotopic (exact) mass is 271 g/mol. The highest BCUT2D eigenvalue weighted by atomic mass is 16.6. The molecule has 20 heavy (non-hydrogen) atoms. The maximum Gasteiger partial charge on any atom is 0.275 e. The van der Waals surface area contributed by atoms with Crippen LogP contribution in [-0.4, -0.2) is 16.5 Å². The van der Waals surface area contributed by atoms with Gasteiger partial charge in [-0.25, -0.2) is 4.98 Å². The fourth-order valence-corrected chi connectivity index (χ4v) is 1.92. The molecule has 0 atom stereocenters. The maximum atomic E-state index is 11.0. The molecule has 0 fully saturated rings. The van der Waals surface area contributed by atoms with Gasteiger partial charge in [0, 0.05) is 18.2 Å². The minimum absolute atomic E-state index is 0.0510. The van der Waals surface area contributed by atoms with E-state index in [0.717, 1.165) is 24.1 Å². The Balaban J connectivity index is 2.46. The third-order valence-electron chi connectivity index (χ3n) is 2.89. The number of anilines is 1. The Hall–Kier alpha value is -2.43. The zero-order valence-electron chi connectivity index (χ0n) is 11.6. The van der Waals surface area contributed by atoms with Crippen LogP contribution < -0.4 is 5.32 Å². The van der Waals surface area contributed by atoms with Crippen molar-refractivity contribution in [1.29, 1.82) is 0 Å². The number of pyridine rings is 1. The van der Waals surface area contributed by atoms with Gasteiger partial charge in [0.15, 0.2) is 0 Å². The van der Waals surface area contributed by atoms with E-state index in [0.29, 0.717) is 11.5 Å². The van der Waals surface area contributed by atoms with Crippen LogP contribution in [0.25, 0.3) is 11.3 Å². The molecule has 0 unspecified atom stereocenters. The highest BCUT2D eigenvalue weighted by Gasteiger charge is 2.12. The summed E-state index contributed by atoms with van der Waals surface area (Å²) in [5.74, 6) is 0.539. The summed E-state index contributed by atoms with van der Waals surface area (Å²) in [6.45, 7) is 4.75. The van der Waals surface area contributed by atoms with Crippen LogP contribution in [0.3, 0.4) is 0 Å². The van der Waals surface area contributed by atoms with E-state index < -0.39 is 4.92 Å². The fourth-order valence-electron chi connectivity index (χ4n) is 1.92. The number of hydrogen-bond donors (Lipinski definition) is 1. The Bertz CT molecular complexity index is 626. The molecule has 5 nitrogen and oxygen atoms in total. The highest BCUT2D eigenvalue weighted by Crippen LogP contribution is 2.25. The van der Waals surface area contributed by atoms with Gasteiger partial charge in [-0.2, -0.15) is 0 Å². The van der Waals surface area contributed by atoms with Crippen LogP contribution in [0.4, 0.5) is 11.5 Å². The van der Waals surface area contributed by atoms with Gasteiger partial charge in [-0.1, -0.05) is 30.7 Å². The first-order valence-corrected chi connectivity index (χ1v) is 6.57. The summed E-state index contributed by atoms with van der Waals surface area (Å²) in [5, 5.41) is 14.1. The molecule has 2 aromatic rings. The molecular formula is C15H17N3O2. The first-order chi connectivity index (χ1) is 9.60. The molecule has 1 N–H and O–H groups in total. The molecule has 0 radical (unpaired) electrons. The number of hydrogen-bond acceptors (Lipinski definition) is 4. The summed E-state index contributed by atoms with van der Waals surface area (Å²) < 4.78 is 0. The molecule has 2 rings (SSSR count). The lowest BCUT2D eigenvalue weighted by atomic mass is 10.1. The van der Waals surface area contributed by atoms with Crippen LogP contribution in [0.1, 0.15) is 18.9 Å². The zero-order valence-corrected chi connectivity index (χ0v) is 11.6. The maximum absolute atomic E-state index is 11.0. The number of nitrogens with zero attached hydrogens (tertiary/aromatic N) is 2. The van der Waals surface area contributed by atoms with E-state index in [1.54, 1.807) is 0 Å².